The SMILES string of the molecule is CS(=O)SCCC1CCC(CCSS(C)=O)C(CCSS(C)=O)C1. The summed E-state index contributed by atoms with van der Waals surface area (Å²) in [6.07, 6.45) is 12.5. The highest BCUT2D eigenvalue weighted by atomic mass is 33.1. The molecule has 1 aliphatic rings. The molecular formula is C15H30O3S6. The molecule has 9 heteroatoms. The van der Waals surface area contributed by atoms with E-state index in [4.69, 9.17) is 0 Å². The first-order valence-electron chi connectivity index (χ1n) is 8.28. The van der Waals surface area contributed by atoms with Crippen LogP contribution in [0.5, 0.6) is 0 Å². The van der Waals surface area contributed by atoms with E-state index < -0.39 is 29.5 Å². The van der Waals surface area contributed by atoms with Crippen molar-refractivity contribution in [3.8, 4) is 0 Å². The predicted octanol–water partition coefficient (Wildman–Crippen LogP) is 4.27. The van der Waals surface area contributed by atoms with Crippen molar-refractivity contribution in [2.75, 3.05) is 36.0 Å². The van der Waals surface area contributed by atoms with Crippen LogP contribution in [-0.2, 0) is 29.5 Å². The van der Waals surface area contributed by atoms with Crippen LogP contribution in [0.1, 0.15) is 38.5 Å². The Morgan fingerprint density at radius 1 is 0.708 bits per heavy atom. The van der Waals surface area contributed by atoms with Crippen molar-refractivity contribution in [1.29, 1.82) is 0 Å². The molecule has 1 fully saturated rings. The van der Waals surface area contributed by atoms with Crippen molar-refractivity contribution in [3.05, 3.63) is 0 Å². The van der Waals surface area contributed by atoms with Crippen LogP contribution in [0.25, 0.3) is 0 Å². The fraction of sp³-hybridized carbons (Fsp3) is 1.00. The van der Waals surface area contributed by atoms with Gasteiger partial charge in [0, 0.05) is 36.0 Å². The van der Waals surface area contributed by atoms with Gasteiger partial charge >= 0.3 is 0 Å². The summed E-state index contributed by atoms with van der Waals surface area (Å²) in [5.74, 6) is 5.10. The maximum Gasteiger partial charge on any atom is 0.0772 e. The Morgan fingerprint density at radius 2 is 1.17 bits per heavy atom. The van der Waals surface area contributed by atoms with Gasteiger partial charge in [-0.3, -0.25) is 0 Å². The maximum absolute atomic E-state index is 11.3. The van der Waals surface area contributed by atoms with Crippen molar-refractivity contribution < 1.29 is 12.6 Å². The fourth-order valence-corrected chi connectivity index (χ4v) is 8.30. The van der Waals surface area contributed by atoms with E-state index in [0.717, 1.165) is 48.4 Å². The zero-order valence-corrected chi connectivity index (χ0v) is 19.7. The minimum absolute atomic E-state index is 0.697. The molecule has 24 heavy (non-hydrogen) atoms. The molecule has 0 spiro atoms. The zero-order valence-electron chi connectivity index (χ0n) is 14.8. The number of rotatable bonds is 12. The minimum atomic E-state index is -0.776. The van der Waals surface area contributed by atoms with E-state index in [0.29, 0.717) is 5.92 Å². The molecule has 0 aliphatic heterocycles. The lowest BCUT2D eigenvalue weighted by Crippen LogP contribution is -2.26. The third-order valence-electron chi connectivity index (χ3n) is 4.50. The molecule has 1 aliphatic carbocycles. The second-order valence-corrected chi connectivity index (χ2v) is 16.9. The van der Waals surface area contributed by atoms with E-state index in [2.05, 4.69) is 0 Å². The summed E-state index contributed by atoms with van der Waals surface area (Å²) < 4.78 is 33.7. The summed E-state index contributed by atoms with van der Waals surface area (Å²) in [6, 6.07) is 0. The predicted molar refractivity (Wildman–Crippen MR) is 118 cm³/mol. The molecule has 0 heterocycles. The Kier molecular flexibility index (Phi) is 13.4. The lowest BCUT2D eigenvalue weighted by Gasteiger charge is -2.36. The standard InChI is InChI=1S/C15H30O3S6/c1-22(16)19-9-6-13-4-5-14(7-10-20-23(2)17)15(12-13)8-11-21-24(3)18/h13-15H,4-12H2,1-3H3. The lowest BCUT2D eigenvalue weighted by molar-refractivity contribution is 0.169. The van der Waals surface area contributed by atoms with Crippen molar-refractivity contribution in [2.45, 2.75) is 38.5 Å². The second kappa shape index (κ2) is 13.6. The molecule has 0 saturated heterocycles. The van der Waals surface area contributed by atoms with E-state index in [1.165, 1.54) is 19.3 Å². The topological polar surface area (TPSA) is 51.2 Å². The summed E-state index contributed by atoms with van der Waals surface area (Å²) in [4.78, 5) is 0. The van der Waals surface area contributed by atoms with Gasteiger partial charge in [0.2, 0.25) is 0 Å². The van der Waals surface area contributed by atoms with Crippen LogP contribution < -0.4 is 0 Å². The molecule has 0 radical (unpaired) electrons. The van der Waals surface area contributed by atoms with Crippen LogP contribution in [0, 0.1) is 17.8 Å². The number of hydrogen-bond donors (Lipinski definition) is 0. The van der Waals surface area contributed by atoms with Gasteiger partial charge in [-0.25, -0.2) is 12.6 Å². The molecule has 0 aromatic heterocycles. The van der Waals surface area contributed by atoms with Crippen LogP contribution in [0.15, 0.2) is 0 Å². The van der Waals surface area contributed by atoms with E-state index >= 15 is 0 Å². The Bertz CT molecular complexity index is 431. The zero-order chi connectivity index (χ0) is 17.9. The van der Waals surface area contributed by atoms with Gasteiger partial charge in [-0.2, -0.15) is 0 Å². The van der Waals surface area contributed by atoms with Gasteiger partial charge < -0.3 is 0 Å². The van der Waals surface area contributed by atoms with E-state index in [1.54, 1.807) is 51.1 Å². The summed E-state index contributed by atoms with van der Waals surface area (Å²) in [5.41, 5.74) is 0. The van der Waals surface area contributed by atoms with E-state index in [9.17, 15) is 12.6 Å². The average molecular weight is 451 g/mol. The molecule has 6 atom stereocenters. The third kappa shape index (κ3) is 11.3. The quantitative estimate of drug-likeness (QED) is 0.414. The van der Waals surface area contributed by atoms with Crippen molar-refractivity contribution >= 4 is 61.9 Å². The van der Waals surface area contributed by atoms with Gasteiger partial charge in [0.15, 0.2) is 0 Å². The maximum atomic E-state index is 11.3. The normalized spacial score (nSPS) is 28.4. The van der Waals surface area contributed by atoms with Gasteiger partial charge in [-0.05, 0) is 49.9 Å². The molecule has 1 rings (SSSR count). The summed E-state index contributed by atoms with van der Waals surface area (Å²) >= 11 is 0. The largest absolute Gasteiger partial charge is 0.248 e. The average Bonchev–Trinajstić information content (AvgIpc) is 2.48. The van der Waals surface area contributed by atoms with Crippen LogP contribution in [0.4, 0.5) is 0 Å². The van der Waals surface area contributed by atoms with Crippen LogP contribution in [0.2, 0.25) is 0 Å². The van der Waals surface area contributed by atoms with Crippen molar-refractivity contribution in [3.63, 3.8) is 0 Å². The molecular weight excluding hydrogens is 421 g/mol. The van der Waals surface area contributed by atoms with Crippen LogP contribution in [-0.4, -0.2) is 48.7 Å². The summed E-state index contributed by atoms with van der Waals surface area (Å²) in [5, 5.41) is 0. The molecule has 6 unspecified atom stereocenters. The highest BCUT2D eigenvalue weighted by molar-refractivity contribution is 8.69. The Balaban J connectivity index is 2.46. The van der Waals surface area contributed by atoms with Crippen LogP contribution in [0.3, 0.4) is 0 Å². The highest BCUT2D eigenvalue weighted by Crippen LogP contribution is 2.40. The summed E-state index contributed by atoms with van der Waals surface area (Å²) in [6.45, 7) is 0. The fourth-order valence-electron chi connectivity index (χ4n) is 3.39. The first-order valence-corrected chi connectivity index (χ1v) is 17.5. The Labute approximate surface area is 166 Å². The molecule has 3 nitrogen and oxygen atoms in total. The molecule has 1 saturated carbocycles. The highest BCUT2D eigenvalue weighted by Gasteiger charge is 2.30. The molecule has 0 bridgehead atoms. The Hall–Kier alpha value is 1.50. The van der Waals surface area contributed by atoms with Gasteiger partial charge in [0.25, 0.3) is 0 Å². The molecule has 0 N–H and O–H groups in total. The molecule has 0 aromatic carbocycles. The Morgan fingerprint density at radius 3 is 1.67 bits per heavy atom. The first-order chi connectivity index (χ1) is 11.4. The van der Waals surface area contributed by atoms with Crippen LogP contribution >= 0.6 is 32.4 Å². The number of hydrogen-bond acceptors (Lipinski definition) is 6. The lowest BCUT2D eigenvalue weighted by atomic mass is 9.71. The smallest absolute Gasteiger partial charge is 0.0772 e. The van der Waals surface area contributed by atoms with E-state index in [1.807, 2.05) is 0 Å². The molecule has 0 aromatic rings. The molecule has 0 amide bonds. The van der Waals surface area contributed by atoms with Gasteiger partial charge in [-0.1, -0.05) is 38.8 Å². The van der Waals surface area contributed by atoms with Gasteiger partial charge in [0.1, 0.15) is 0 Å². The molecule has 144 valence electrons. The van der Waals surface area contributed by atoms with Crippen molar-refractivity contribution in [2.24, 2.45) is 17.8 Å². The second-order valence-electron chi connectivity index (χ2n) is 6.24. The third-order valence-corrected chi connectivity index (χ3v) is 11.2. The summed E-state index contributed by atoms with van der Waals surface area (Å²) in [7, 11) is 2.36. The van der Waals surface area contributed by atoms with Crippen molar-refractivity contribution in [1.82, 2.24) is 0 Å². The van der Waals surface area contributed by atoms with Gasteiger partial charge in [0.05, 0.1) is 29.5 Å². The first kappa shape index (κ1) is 23.5. The monoisotopic (exact) mass is 450 g/mol. The minimum Gasteiger partial charge on any atom is -0.248 e. The van der Waals surface area contributed by atoms with E-state index in [-0.39, 0.29) is 0 Å². The van der Waals surface area contributed by atoms with Gasteiger partial charge in [-0.15, -0.1) is 0 Å².